The normalized spacial score (nSPS) is 15.7. The molecule has 9 nitrogen and oxygen atoms in total. The summed E-state index contributed by atoms with van der Waals surface area (Å²) in [6.07, 6.45) is 0. The van der Waals surface area contributed by atoms with Crippen molar-refractivity contribution in [1.29, 1.82) is 0 Å². The first kappa shape index (κ1) is 16.6. The van der Waals surface area contributed by atoms with E-state index in [0.717, 1.165) is 55.7 Å². The second-order valence-electron chi connectivity index (χ2n) is 6.57. The summed E-state index contributed by atoms with van der Waals surface area (Å²) in [7, 11) is 0. The Morgan fingerprint density at radius 3 is 2.54 bits per heavy atom. The van der Waals surface area contributed by atoms with Crippen molar-refractivity contribution < 1.29 is 0 Å². The summed E-state index contributed by atoms with van der Waals surface area (Å²) in [5.74, 6) is 1.73. The zero-order valence-electron chi connectivity index (χ0n) is 15.0. The van der Waals surface area contributed by atoms with Gasteiger partial charge in [0, 0.05) is 38.8 Å². The molecule has 4 heterocycles. The summed E-state index contributed by atoms with van der Waals surface area (Å²) in [6.45, 7) is 8.90. The molecule has 0 amide bonds. The fourth-order valence-corrected chi connectivity index (χ4v) is 3.20. The Kier molecular flexibility index (Phi) is 4.37. The van der Waals surface area contributed by atoms with Crippen LogP contribution < -0.4 is 10.5 Å². The lowest BCUT2D eigenvalue weighted by molar-refractivity contribution is 0.242. The van der Waals surface area contributed by atoms with Gasteiger partial charge in [0.15, 0.2) is 11.5 Å². The zero-order chi connectivity index (χ0) is 18.1. The van der Waals surface area contributed by atoms with Gasteiger partial charge in [0.2, 0.25) is 0 Å². The topological polar surface area (TPSA) is 84.5 Å². The fraction of sp³-hybridized carbons (Fsp3) is 0.471. The highest BCUT2D eigenvalue weighted by Crippen LogP contribution is 2.14. The van der Waals surface area contributed by atoms with Crippen LogP contribution >= 0.6 is 0 Å². The molecule has 3 aromatic heterocycles. The molecular weight excluding hydrogens is 332 g/mol. The fourth-order valence-electron chi connectivity index (χ4n) is 3.20. The third-order valence-corrected chi connectivity index (χ3v) is 4.73. The summed E-state index contributed by atoms with van der Waals surface area (Å²) in [4.78, 5) is 16.5. The lowest BCUT2D eigenvalue weighted by Gasteiger charge is -2.35. The second-order valence-corrected chi connectivity index (χ2v) is 6.57. The van der Waals surface area contributed by atoms with Crippen LogP contribution in [0.5, 0.6) is 0 Å². The number of nitrogens with zero attached hydrogens (tertiary/aromatic N) is 8. The number of anilines is 1. The SMILES string of the molecule is Cc1ccc(=O)n(CCN2CCN(c3ccc4nnc(C)n4n3)CC2)n1. The third-order valence-electron chi connectivity index (χ3n) is 4.73. The Labute approximate surface area is 150 Å². The molecular formula is C17H22N8O. The first-order valence-corrected chi connectivity index (χ1v) is 8.81. The maximum atomic E-state index is 11.8. The summed E-state index contributed by atoms with van der Waals surface area (Å²) < 4.78 is 3.32. The smallest absolute Gasteiger partial charge is 0.266 e. The van der Waals surface area contributed by atoms with E-state index in [1.165, 1.54) is 0 Å². The van der Waals surface area contributed by atoms with E-state index in [-0.39, 0.29) is 5.56 Å². The van der Waals surface area contributed by atoms with Crippen LogP contribution in [0.4, 0.5) is 5.82 Å². The molecule has 0 spiro atoms. The van der Waals surface area contributed by atoms with E-state index in [9.17, 15) is 4.79 Å². The molecule has 1 aliphatic heterocycles. The molecule has 3 aromatic rings. The molecule has 0 N–H and O–H groups in total. The van der Waals surface area contributed by atoms with Crippen LogP contribution in [0.1, 0.15) is 11.5 Å². The first-order valence-electron chi connectivity index (χ1n) is 8.81. The molecule has 26 heavy (non-hydrogen) atoms. The van der Waals surface area contributed by atoms with Gasteiger partial charge in [-0.1, -0.05) is 0 Å². The van der Waals surface area contributed by atoms with Crippen LogP contribution in [0.3, 0.4) is 0 Å². The lowest BCUT2D eigenvalue weighted by atomic mass is 10.3. The van der Waals surface area contributed by atoms with E-state index < -0.39 is 0 Å². The zero-order valence-corrected chi connectivity index (χ0v) is 15.0. The van der Waals surface area contributed by atoms with Gasteiger partial charge in [-0.25, -0.2) is 4.68 Å². The Hall–Kier alpha value is -2.81. The molecule has 0 bridgehead atoms. The van der Waals surface area contributed by atoms with Crippen LogP contribution in [-0.4, -0.2) is 67.2 Å². The molecule has 0 aliphatic carbocycles. The van der Waals surface area contributed by atoms with Crippen molar-refractivity contribution in [3.8, 4) is 0 Å². The molecule has 1 aliphatic rings. The predicted octanol–water partition coefficient (Wildman–Crippen LogP) is 0.120. The van der Waals surface area contributed by atoms with Gasteiger partial charge in [-0.3, -0.25) is 9.69 Å². The molecule has 1 saturated heterocycles. The van der Waals surface area contributed by atoms with Crippen molar-refractivity contribution in [2.24, 2.45) is 0 Å². The molecule has 0 atom stereocenters. The number of hydrogen-bond donors (Lipinski definition) is 0. The van der Waals surface area contributed by atoms with Crippen molar-refractivity contribution >= 4 is 11.5 Å². The molecule has 0 aromatic carbocycles. The van der Waals surface area contributed by atoms with Crippen molar-refractivity contribution in [3.63, 3.8) is 0 Å². The van der Waals surface area contributed by atoms with Crippen LogP contribution in [0.15, 0.2) is 29.1 Å². The minimum absolute atomic E-state index is 0.0453. The molecule has 136 valence electrons. The molecule has 1 fully saturated rings. The van der Waals surface area contributed by atoms with Gasteiger partial charge in [0.1, 0.15) is 5.82 Å². The Bertz CT molecular complexity index is 970. The molecule has 0 radical (unpaired) electrons. The Morgan fingerprint density at radius 2 is 1.73 bits per heavy atom. The van der Waals surface area contributed by atoms with Gasteiger partial charge >= 0.3 is 0 Å². The summed E-state index contributed by atoms with van der Waals surface area (Å²) >= 11 is 0. The van der Waals surface area contributed by atoms with Gasteiger partial charge in [-0.05, 0) is 32.0 Å². The maximum absolute atomic E-state index is 11.8. The largest absolute Gasteiger partial charge is 0.353 e. The Balaban J connectivity index is 1.36. The molecule has 0 saturated carbocycles. The number of hydrogen-bond acceptors (Lipinski definition) is 7. The summed E-state index contributed by atoms with van der Waals surface area (Å²) in [6, 6.07) is 7.27. The van der Waals surface area contributed by atoms with E-state index in [2.05, 4.69) is 30.2 Å². The minimum Gasteiger partial charge on any atom is -0.353 e. The average molecular weight is 354 g/mol. The number of piperazine rings is 1. The van der Waals surface area contributed by atoms with Gasteiger partial charge in [0.05, 0.1) is 12.2 Å². The molecule has 0 unspecified atom stereocenters. The van der Waals surface area contributed by atoms with E-state index in [4.69, 9.17) is 0 Å². The summed E-state index contributed by atoms with van der Waals surface area (Å²) in [5, 5.41) is 17.1. The van der Waals surface area contributed by atoms with Gasteiger partial charge in [-0.2, -0.15) is 9.61 Å². The number of aryl methyl sites for hydroxylation is 2. The highest BCUT2D eigenvalue weighted by molar-refractivity contribution is 5.46. The quantitative estimate of drug-likeness (QED) is 0.658. The molecule has 9 heteroatoms. The monoisotopic (exact) mass is 354 g/mol. The van der Waals surface area contributed by atoms with Crippen molar-refractivity contribution in [3.05, 3.63) is 46.1 Å². The van der Waals surface area contributed by atoms with E-state index in [1.54, 1.807) is 21.3 Å². The van der Waals surface area contributed by atoms with Crippen LogP contribution in [0.2, 0.25) is 0 Å². The van der Waals surface area contributed by atoms with Gasteiger partial charge in [-0.15, -0.1) is 15.3 Å². The predicted molar refractivity (Wildman–Crippen MR) is 97.4 cm³/mol. The van der Waals surface area contributed by atoms with Gasteiger partial charge < -0.3 is 4.90 Å². The van der Waals surface area contributed by atoms with Crippen LogP contribution in [0.25, 0.3) is 5.65 Å². The van der Waals surface area contributed by atoms with Crippen molar-refractivity contribution in [2.75, 3.05) is 37.6 Å². The van der Waals surface area contributed by atoms with E-state index in [0.29, 0.717) is 6.54 Å². The highest BCUT2D eigenvalue weighted by Gasteiger charge is 2.19. The number of fused-ring (bicyclic) bond motifs is 1. The van der Waals surface area contributed by atoms with E-state index >= 15 is 0 Å². The second kappa shape index (κ2) is 6.83. The number of aromatic nitrogens is 6. The first-order chi connectivity index (χ1) is 12.6. The van der Waals surface area contributed by atoms with Crippen molar-refractivity contribution in [2.45, 2.75) is 20.4 Å². The molecule has 4 rings (SSSR count). The average Bonchev–Trinajstić information content (AvgIpc) is 3.03. The van der Waals surface area contributed by atoms with Crippen LogP contribution in [0, 0.1) is 13.8 Å². The maximum Gasteiger partial charge on any atom is 0.266 e. The van der Waals surface area contributed by atoms with Crippen LogP contribution in [-0.2, 0) is 6.54 Å². The lowest BCUT2D eigenvalue weighted by Crippen LogP contribution is -2.48. The minimum atomic E-state index is -0.0453. The standard InChI is InChI=1S/C17H22N8O/c1-13-3-6-17(26)24(20-13)12-9-22-7-10-23(11-8-22)16-5-4-15-19-18-14(2)25(15)21-16/h3-6H,7-12H2,1-2H3. The Morgan fingerprint density at radius 1 is 0.923 bits per heavy atom. The summed E-state index contributed by atoms with van der Waals surface area (Å²) in [5.41, 5.74) is 1.58. The van der Waals surface area contributed by atoms with Gasteiger partial charge in [0.25, 0.3) is 5.56 Å². The van der Waals surface area contributed by atoms with Crippen molar-refractivity contribution in [1.82, 2.24) is 34.5 Å². The highest BCUT2D eigenvalue weighted by atomic mass is 16.1. The van der Waals surface area contributed by atoms with E-state index in [1.807, 2.05) is 26.0 Å². The third kappa shape index (κ3) is 3.30. The number of rotatable bonds is 4.